The van der Waals surface area contributed by atoms with Gasteiger partial charge in [-0.05, 0) is 18.9 Å². The zero-order chi connectivity index (χ0) is 14.8. The van der Waals surface area contributed by atoms with E-state index >= 15 is 0 Å². The van der Waals surface area contributed by atoms with Crippen LogP contribution in [0.15, 0.2) is 5.38 Å². The summed E-state index contributed by atoms with van der Waals surface area (Å²) in [6.45, 7) is 10.6. The lowest BCUT2D eigenvalue weighted by Crippen LogP contribution is -2.50. The van der Waals surface area contributed by atoms with Crippen LogP contribution in [0.1, 0.15) is 44.8 Å². The van der Waals surface area contributed by atoms with Crippen molar-refractivity contribution in [1.82, 2.24) is 15.6 Å². The summed E-state index contributed by atoms with van der Waals surface area (Å²) in [5.41, 5.74) is 0.940. The summed E-state index contributed by atoms with van der Waals surface area (Å²) in [6, 6.07) is 0.247. The van der Waals surface area contributed by atoms with Crippen LogP contribution < -0.4 is 10.6 Å². The molecular weight excluding hydrogens is 341 g/mol. The monoisotopic (exact) mass is 367 g/mol. The summed E-state index contributed by atoms with van der Waals surface area (Å²) in [4.78, 5) is 16.7. The fourth-order valence-corrected chi connectivity index (χ4v) is 3.25. The third kappa shape index (κ3) is 6.03. The Morgan fingerprint density at radius 3 is 2.68 bits per heavy atom. The highest BCUT2D eigenvalue weighted by Gasteiger charge is 2.23. The molecule has 2 atom stereocenters. The first-order valence-electron chi connectivity index (χ1n) is 7.31. The first-order valence-corrected chi connectivity index (χ1v) is 8.19. The summed E-state index contributed by atoms with van der Waals surface area (Å²) >= 11 is 1.64. The number of carbonyl (C=O) groups excluding carboxylic acids is 1. The number of halogens is 2. The fraction of sp³-hybridized carbons (Fsp3) is 0.733. The zero-order valence-electron chi connectivity index (χ0n) is 13.6. The number of piperidine rings is 1. The van der Waals surface area contributed by atoms with Crippen molar-refractivity contribution < 1.29 is 4.79 Å². The Labute approximate surface area is 149 Å². The predicted molar refractivity (Wildman–Crippen MR) is 97.6 cm³/mol. The van der Waals surface area contributed by atoms with Gasteiger partial charge < -0.3 is 10.6 Å². The maximum Gasteiger partial charge on any atom is 0.226 e. The van der Waals surface area contributed by atoms with Gasteiger partial charge in [0, 0.05) is 23.4 Å². The molecule has 0 bridgehead atoms. The van der Waals surface area contributed by atoms with E-state index in [1.54, 1.807) is 11.3 Å². The molecular formula is C15H27Cl2N3OS. The van der Waals surface area contributed by atoms with Gasteiger partial charge >= 0.3 is 0 Å². The average molecular weight is 368 g/mol. The molecule has 1 fully saturated rings. The lowest BCUT2D eigenvalue weighted by atomic mass is 9.95. The van der Waals surface area contributed by atoms with Gasteiger partial charge in [0.05, 0.1) is 17.1 Å². The Morgan fingerprint density at radius 2 is 2.14 bits per heavy atom. The summed E-state index contributed by atoms with van der Waals surface area (Å²) < 4.78 is 0. The van der Waals surface area contributed by atoms with Crippen LogP contribution in [0, 0.1) is 5.92 Å². The Balaban J connectivity index is 0.00000220. The molecule has 1 aliphatic rings. The fourth-order valence-electron chi connectivity index (χ4n) is 2.34. The quantitative estimate of drug-likeness (QED) is 0.863. The minimum atomic E-state index is 0. The summed E-state index contributed by atoms with van der Waals surface area (Å²) in [7, 11) is 0. The van der Waals surface area contributed by atoms with Crippen LogP contribution in [-0.2, 0) is 16.6 Å². The minimum Gasteiger partial charge on any atom is -0.351 e. The molecule has 0 radical (unpaired) electrons. The molecule has 0 saturated carbocycles. The third-order valence-corrected chi connectivity index (χ3v) is 5.03. The molecule has 4 nitrogen and oxygen atoms in total. The van der Waals surface area contributed by atoms with Crippen molar-refractivity contribution in [1.29, 1.82) is 0 Å². The Kier molecular flexibility index (Phi) is 8.91. The van der Waals surface area contributed by atoms with Crippen LogP contribution in [-0.4, -0.2) is 30.0 Å². The number of nitrogens with zero attached hydrogens (tertiary/aromatic N) is 1. The summed E-state index contributed by atoms with van der Waals surface area (Å²) in [5.74, 6) is 0.622. The number of amides is 1. The lowest BCUT2D eigenvalue weighted by Gasteiger charge is -2.30. The van der Waals surface area contributed by atoms with Gasteiger partial charge in [0.25, 0.3) is 0 Å². The van der Waals surface area contributed by atoms with Gasteiger partial charge in [0.2, 0.25) is 5.91 Å². The second kappa shape index (κ2) is 9.06. The number of hydrogen-bond acceptors (Lipinski definition) is 4. The van der Waals surface area contributed by atoms with E-state index in [-0.39, 0.29) is 42.2 Å². The van der Waals surface area contributed by atoms with E-state index in [0.717, 1.165) is 30.2 Å². The van der Waals surface area contributed by atoms with Gasteiger partial charge in [0.1, 0.15) is 0 Å². The van der Waals surface area contributed by atoms with E-state index in [1.165, 1.54) is 0 Å². The molecule has 128 valence electrons. The van der Waals surface area contributed by atoms with Crippen LogP contribution >= 0.6 is 36.2 Å². The number of carbonyl (C=O) groups is 1. The number of aromatic nitrogens is 1. The highest BCUT2D eigenvalue weighted by Crippen LogP contribution is 2.25. The molecule has 2 rings (SSSR count). The third-order valence-electron chi connectivity index (χ3n) is 3.71. The van der Waals surface area contributed by atoms with Crippen molar-refractivity contribution in [2.75, 3.05) is 13.1 Å². The second-order valence-electron chi connectivity index (χ2n) is 6.71. The first kappa shape index (κ1) is 21.6. The van der Waals surface area contributed by atoms with E-state index < -0.39 is 0 Å². The van der Waals surface area contributed by atoms with Crippen molar-refractivity contribution in [3.05, 3.63) is 16.1 Å². The van der Waals surface area contributed by atoms with Crippen molar-refractivity contribution in [3.8, 4) is 0 Å². The molecule has 7 heteroatoms. The van der Waals surface area contributed by atoms with E-state index in [2.05, 4.69) is 43.3 Å². The van der Waals surface area contributed by atoms with Gasteiger partial charge in [0.15, 0.2) is 0 Å². The molecule has 1 aromatic rings. The van der Waals surface area contributed by atoms with E-state index in [9.17, 15) is 4.79 Å². The number of rotatable bonds is 3. The molecule has 0 aliphatic carbocycles. The highest BCUT2D eigenvalue weighted by molar-refractivity contribution is 7.09. The molecule has 2 N–H and O–H groups in total. The van der Waals surface area contributed by atoms with Crippen molar-refractivity contribution in [2.45, 2.75) is 52.0 Å². The van der Waals surface area contributed by atoms with Crippen LogP contribution in [0.25, 0.3) is 0 Å². The molecule has 0 aromatic carbocycles. The molecule has 0 spiro atoms. The Hall–Kier alpha value is -0.360. The molecule has 22 heavy (non-hydrogen) atoms. The van der Waals surface area contributed by atoms with Gasteiger partial charge in [-0.25, -0.2) is 4.98 Å². The smallest absolute Gasteiger partial charge is 0.226 e. The maximum absolute atomic E-state index is 12.1. The van der Waals surface area contributed by atoms with E-state index in [1.807, 2.05) is 5.38 Å². The lowest BCUT2D eigenvalue weighted by molar-refractivity contribution is -0.121. The molecule has 1 aromatic heterocycles. The Bertz CT molecular complexity index is 474. The topological polar surface area (TPSA) is 54.0 Å². The molecule has 2 heterocycles. The standard InChI is InChI=1S/C15H25N3OS.2ClH/c1-10-5-6-16-8-12(10)18-13(19)7-11-9-20-14(17-11)15(2,3)4;;/h9-10,12,16H,5-8H2,1-4H3,(H,18,19);2*1H. The normalized spacial score (nSPS) is 21.5. The van der Waals surface area contributed by atoms with Crippen LogP contribution in [0.4, 0.5) is 0 Å². The summed E-state index contributed by atoms with van der Waals surface area (Å²) in [5, 5.41) is 9.55. The number of thiazole rings is 1. The van der Waals surface area contributed by atoms with Gasteiger partial charge in [-0.2, -0.15) is 0 Å². The summed E-state index contributed by atoms with van der Waals surface area (Å²) in [6.07, 6.45) is 1.51. The van der Waals surface area contributed by atoms with E-state index in [4.69, 9.17) is 0 Å². The molecule has 1 saturated heterocycles. The second-order valence-corrected chi connectivity index (χ2v) is 7.57. The molecule has 2 unspecified atom stereocenters. The number of nitrogens with one attached hydrogen (secondary N) is 2. The van der Waals surface area contributed by atoms with Crippen molar-refractivity contribution in [3.63, 3.8) is 0 Å². The van der Waals surface area contributed by atoms with Crippen LogP contribution in [0.3, 0.4) is 0 Å². The van der Waals surface area contributed by atoms with Crippen molar-refractivity contribution >= 4 is 42.1 Å². The first-order chi connectivity index (χ1) is 9.36. The van der Waals surface area contributed by atoms with Gasteiger partial charge in [-0.3, -0.25) is 4.79 Å². The highest BCUT2D eigenvalue weighted by atomic mass is 35.5. The predicted octanol–water partition coefficient (Wildman–Crippen LogP) is 2.94. The van der Waals surface area contributed by atoms with Crippen LogP contribution in [0.5, 0.6) is 0 Å². The average Bonchev–Trinajstić information content (AvgIpc) is 2.80. The number of hydrogen-bond donors (Lipinski definition) is 2. The molecule has 1 amide bonds. The van der Waals surface area contributed by atoms with Crippen molar-refractivity contribution in [2.24, 2.45) is 5.92 Å². The Morgan fingerprint density at radius 1 is 1.45 bits per heavy atom. The largest absolute Gasteiger partial charge is 0.351 e. The SMILES string of the molecule is CC1CCNCC1NC(=O)Cc1csc(C(C)(C)C)n1.Cl.Cl. The van der Waals surface area contributed by atoms with Gasteiger partial charge in [-0.15, -0.1) is 36.2 Å². The minimum absolute atomic E-state index is 0. The van der Waals surface area contributed by atoms with E-state index in [0.29, 0.717) is 12.3 Å². The molecule has 1 aliphatic heterocycles. The van der Waals surface area contributed by atoms with Crippen LogP contribution in [0.2, 0.25) is 0 Å². The maximum atomic E-state index is 12.1. The van der Waals surface area contributed by atoms with Gasteiger partial charge in [-0.1, -0.05) is 27.7 Å². The zero-order valence-corrected chi connectivity index (χ0v) is 16.1.